The van der Waals surface area contributed by atoms with E-state index in [0.717, 1.165) is 25.7 Å². The molecule has 0 radical (unpaired) electrons. The minimum atomic E-state index is -0.328. The Labute approximate surface area is 208 Å². The van der Waals surface area contributed by atoms with Gasteiger partial charge >= 0.3 is 11.9 Å². The molecular formula is C28H50O6. The van der Waals surface area contributed by atoms with Crippen LogP contribution >= 0.6 is 0 Å². The van der Waals surface area contributed by atoms with Crippen LogP contribution in [0.25, 0.3) is 0 Å². The third-order valence-corrected chi connectivity index (χ3v) is 4.51. The van der Waals surface area contributed by atoms with Crippen LogP contribution in [0.15, 0.2) is 36.1 Å². The number of carbonyl (C=O) groups is 2. The summed E-state index contributed by atoms with van der Waals surface area (Å²) in [7, 11) is 1.39. The van der Waals surface area contributed by atoms with Gasteiger partial charge in [-0.25, -0.2) is 4.79 Å². The average Bonchev–Trinajstić information content (AvgIpc) is 2.76. The van der Waals surface area contributed by atoms with E-state index in [0.29, 0.717) is 37.1 Å². The van der Waals surface area contributed by atoms with Crippen LogP contribution in [-0.4, -0.2) is 44.0 Å². The quantitative estimate of drug-likeness (QED) is 0.0769. The van der Waals surface area contributed by atoms with Crippen molar-refractivity contribution in [2.45, 2.75) is 112 Å². The molecule has 0 aromatic heterocycles. The van der Waals surface area contributed by atoms with Gasteiger partial charge in [-0.15, -0.1) is 0 Å². The molecule has 0 N–H and O–H groups in total. The van der Waals surface area contributed by atoms with Crippen LogP contribution in [0, 0.1) is 0 Å². The van der Waals surface area contributed by atoms with Crippen LogP contribution in [0.4, 0.5) is 0 Å². The number of allylic oxidation sites excluding steroid dienone is 3. The molecular weight excluding hydrogens is 432 g/mol. The number of esters is 2. The number of methoxy groups -OCH3 is 1. The summed E-state index contributed by atoms with van der Waals surface area (Å²) in [6.45, 7) is 18.2. The average molecular weight is 483 g/mol. The third-order valence-electron chi connectivity index (χ3n) is 4.51. The molecule has 0 aliphatic rings. The largest absolute Gasteiger partial charge is 0.491 e. The van der Waals surface area contributed by atoms with Gasteiger partial charge in [-0.1, -0.05) is 59.5 Å². The molecule has 0 fully saturated rings. The highest BCUT2D eigenvalue weighted by atomic mass is 16.6. The molecule has 0 saturated carbocycles. The first-order valence-corrected chi connectivity index (χ1v) is 12.6. The lowest BCUT2D eigenvalue weighted by molar-refractivity contribution is -0.151. The molecule has 6 heteroatoms. The normalized spacial score (nSPS) is 12.8. The summed E-state index contributed by atoms with van der Waals surface area (Å²) >= 11 is 0. The van der Waals surface area contributed by atoms with E-state index < -0.39 is 0 Å². The summed E-state index contributed by atoms with van der Waals surface area (Å²) in [4.78, 5) is 21.9. The van der Waals surface area contributed by atoms with Gasteiger partial charge < -0.3 is 18.9 Å². The van der Waals surface area contributed by atoms with E-state index >= 15 is 0 Å². The van der Waals surface area contributed by atoms with Crippen LogP contribution in [0.2, 0.25) is 0 Å². The minimum absolute atomic E-state index is 0.225. The molecule has 1 atom stereocenters. The van der Waals surface area contributed by atoms with E-state index in [1.165, 1.54) is 33.3 Å². The van der Waals surface area contributed by atoms with E-state index in [1.807, 2.05) is 27.7 Å². The highest BCUT2D eigenvalue weighted by Crippen LogP contribution is 2.13. The Morgan fingerprint density at radius 3 is 2.06 bits per heavy atom. The van der Waals surface area contributed by atoms with Crippen LogP contribution in [0.3, 0.4) is 0 Å². The molecule has 0 aromatic carbocycles. The van der Waals surface area contributed by atoms with Gasteiger partial charge in [-0.3, -0.25) is 4.79 Å². The third kappa shape index (κ3) is 21.7. The smallest absolute Gasteiger partial charge is 0.333 e. The van der Waals surface area contributed by atoms with Crippen LogP contribution < -0.4 is 0 Å². The van der Waals surface area contributed by atoms with Crippen molar-refractivity contribution in [3.05, 3.63) is 36.1 Å². The first kappa shape index (κ1) is 34.1. The zero-order valence-corrected chi connectivity index (χ0v) is 23.0. The Balaban J connectivity index is 0. The summed E-state index contributed by atoms with van der Waals surface area (Å²) in [5.41, 5.74) is 0.305. The van der Waals surface area contributed by atoms with E-state index in [4.69, 9.17) is 18.9 Å². The molecule has 0 aliphatic heterocycles. The molecule has 0 spiro atoms. The van der Waals surface area contributed by atoms with E-state index in [-0.39, 0.29) is 17.5 Å². The molecule has 6 nitrogen and oxygen atoms in total. The molecule has 0 aliphatic carbocycles. The van der Waals surface area contributed by atoms with Crippen molar-refractivity contribution in [2.75, 3.05) is 20.3 Å². The first-order valence-electron chi connectivity index (χ1n) is 12.6. The maximum atomic E-state index is 11.7. The van der Waals surface area contributed by atoms with Crippen molar-refractivity contribution >= 4 is 11.9 Å². The molecule has 0 aromatic rings. The summed E-state index contributed by atoms with van der Waals surface area (Å²) < 4.78 is 21.3. The monoisotopic (exact) mass is 482 g/mol. The highest BCUT2D eigenvalue weighted by molar-refractivity contribution is 5.88. The molecule has 0 rings (SSSR count). The first-order chi connectivity index (χ1) is 16.0. The number of carbonyl (C=O) groups excluding carboxylic acids is 2. The molecule has 0 saturated heterocycles. The van der Waals surface area contributed by atoms with Crippen LogP contribution in [0.5, 0.6) is 0 Å². The zero-order valence-electron chi connectivity index (χ0n) is 23.0. The topological polar surface area (TPSA) is 71.1 Å². The van der Waals surface area contributed by atoms with Crippen LogP contribution in [0.1, 0.15) is 99.8 Å². The molecule has 34 heavy (non-hydrogen) atoms. The predicted octanol–water partition coefficient (Wildman–Crippen LogP) is 7.09. The Morgan fingerprint density at radius 1 is 0.941 bits per heavy atom. The van der Waals surface area contributed by atoms with Gasteiger partial charge in [-0.05, 0) is 58.3 Å². The lowest BCUT2D eigenvalue weighted by Crippen LogP contribution is -2.21. The second kappa shape index (κ2) is 21.5. The van der Waals surface area contributed by atoms with Gasteiger partial charge in [0.25, 0.3) is 0 Å². The maximum Gasteiger partial charge on any atom is 0.333 e. The van der Waals surface area contributed by atoms with E-state index in [1.54, 1.807) is 18.2 Å². The van der Waals surface area contributed by atoms with Crippen LogP contribution in [-0.2, 0) is 28.5 Å². The fourth-order valence-electron chi connectivity index (χ4n) is 3.07. The Kier molecular flexibility index (Phi) is 21.5. The number of rotatable bonds is 16. The fraction of sp³-hybridized carbons (Fsp3) is 0.714. The Bertz CT molecular complexity index is 613. The van der Waals surface area contributed by atoms with Crippen molar-refractivity contribution in [3.8, 4) is 0 Å². The minimum Gasteiger partial charge on any atom is -0.491 e. The molecule has 0 bridgehead atoms. The lowest BCUT2D eigenvalue weighted by atomic mass is 10.1. The van der Waals surface area contributed by atoms with Crippen molar-refractivity contribution < 1.29 is 28.5 Å². The van der Waals surface area contributed by atoms with E-state index in [2.05, 4.69) is 20.4 Å². The Hall–Kier alpha value is -2.08. The SMILES string of the molecule is C=C/C(=C\C=C(/CCC)C(=O)OC)OCCOC(CCC)CCCCC.CC(=O)OC(C)(C)C. The van der Waals surface area contributed by atoms with Crippen molar-refractivity contribution in [1.29, 1.82) is 0 Å². The zero-order chi connectivity index (χ0) is 26.4. The van der Waals surface area contributed by atoms with Gasteiger partial charge in [0, 0.05) is 12.5 Å². The standard InChI is InChI=1S/C22H38O4.C6H12O2/c1-6-10-11-14-21(13-8-3)26-18-17-25-20(9-4)16-15-19(12-7-2)22(23)24-5;1-5(7)8-6(2,3)4/h9,15-16,21H,4,6-8,10-14,17-18H2,1-3,5H3;1-4H3/b19-15+,20-16+;. The number of unbranched alkanes of at least 4 members (excludes halogenated alkanes) is 2. The fourth-order valence-corrected chi connectivity index (χ4v) is 3.07. The summed E-state index contributed by atoms with van der Waals surface area (Å²) in [5, 5.41) is 0. The Morgan fingerprint density at radius 2 is 1.62 bits per heavy atom. The maximum absolute atomic E-state index is 11.7. The second-order valence-electron chi connectivity index (χ2n) is 9.04. The molecule has 0 heterocycles. The summed E-state index contributed by atoms with van der Waals surface area (Å²) in [6, 6.07) is 0. The molecule has 198 valence electrons. The van der Waals surface area contributed by atoms with Gasteiger partial charge in [0.2, 0.25) is 0 Å². The van der Waals surface area contributed by atoms with E-state index in [9.17, 15) is 9.59 Å². The number of hydrogen-bond acceptors (Lipinski definition) is 6. The number of hydrogen-bond donors (Lipinski definition) is 0. The molecule has 1 unspecified atom stereocenters. The summed E-state index contributed by atoms with van der Waals surface area (Å²) in [5.74, 6) is 0.103. The number of ether oxygens (including phenoxy) is 4. The predicted molar refractivity (Wildman–Crippen MR) is 140 cm³/mol. The highest BCUT2D eigenvalue weighted by Gasteiger charge is 2.12. The van der Waals surface area contributed by atoms with Gasteiger partial charge in [0.05, 0.1) is 19.8 Å². The summed E-state index contributed by atoms with van der Waals surface area (Å²) in [6.07, 6.45) is 14.1. The van der Waals surface area contributed by atoms with Crippen molar-refractivity contribution in [2.24, 2.45) is 0 Å². The van der Waals surface area contributed by atoms with Crippen molar-refractivity contribution in [3.63, 3.8) is 0 Å². The van der Waals surface area contributed by atoms with Gasteiger partial charge in [0.1, 0.15) is 18.0 Å². The lowest BCUT2D eigenvalue weighted by Gasteiger charge is -2.17. The second-order valence-corrected chi connectivity index (χ2v) is 9.04. The molecule has 0 amide bonds. The van der Waals surface area contributed by atoms with Gasteiger partial charge in [0.15, 0.2) is 0 Å². The van der Waals surface area contributed by atoms with Crippen molar-refractivity contribution in [1.82, 2.24) is 0 Å². The van der Waals surface area contributed by atoms with Gasteiger partial charge in [-0.2, -0.15) is 0 Å².